The molecule has 14 heteroatoms. The molecule has 1 aromatic heterocycles. The lowest BCUT2D eigenvalue weighted by Crippen LogP contribution is -2.27. The Bertz CT molecular complexity index is 1900. The van der Waals surface area contributed by atoms with Gasteiger partial charge in [0.1, 0.15) is 0 Å². The van der Waals surface area contributed by atoms with Crippen molar-refractivity contribution in [3.63, 3.8) is 0 Å². The summed E-state index contributed by atoms with van der Waals surface area (Å²) in [7, 11) is 1.36. The van der Waals surface area contributed by atoms with E-state index >= 15 is 0 Å². The molecule has 0 aliphatic carbocycles. The highest BCUT2D eigenvalue weighted by Gasteiger charge is 2.11. The average Bonchev–Trinajstić information content (AvgIpc) is 3.19. The first-order valence-electron chi connectivity index (χ1n) is 17.1. The van der Waals surface area contributed by atoms with Gasteiger partial charge in [-0.1, -0.05) is 60.7 Å². The molecule has 0 fully saturated rings. The molecule has 5 rings (SSSR count). The minimum atomic E-state index is -0.323. The van der Waals surface area contributed by atoms with Crippen molar-refractivity contribution in [1.82, 2.24) is 25.6 Å². The fraction of sp³-hybridized carbons (Fsp3) is 0.231. The van der Waals surface area contributed by atoms with E-state index in [1.165, 1.54) is 7.11 Å². The van der Waals surface area contributed by atoms with Gasteiger partial charge in [-0.25, -0.2) is 0 Å². The van der Waals surface area contributed by atoms with Gasteiger partial charge in [0.15, 0.2) is 0 Å². The van der Waals surface area contributed by atoms with Crippen LogP contribution in [0.1, 0.15) is 31.8 Å². The Morgan fingerprint density at radius 3 is 1.70 bits per heavy atom. The summed E-state index contributed by atoms with van der Waals surface area (Å²) in [4.78, 5) is 50.0. The van der Waals surface area contributed by atoms with Gasteiger partial charge in [0.05, 0.1) is 40.0 Å². The summed E-state index contributed by atoms with van der Waals surface area (Å²) >= 11 is 0. The van der Waals surface area contributed by atoms with Crippen LogP contribution >= 0.6 is 0 Å². The van der Waals surface area contributed by atoms with Crippen LogP contribution in [-0.2, 0) is 32.0 Å². The van der Waals surface area contributed by atoms with Gasteiger partial charge < -0.3 is 40.8 Å². The van der Waals surface area contributed by atoms with Gasteiger partial charge in [-0.2, -0.15) is 15.0 Å². The van der Waals surface area contributed by atoms with E-state index in [1.54, 1.807) is 36.4 Å². The SMILES string of the molecule is COC(=O)Cc1ccc(Nc2nc(NCCOCCOCCNC(=O)c3ccccc3)nc(Nc3ccc(C(=O)NCc4ccccc4)cc3)n2)cc1. The summed E-state index contributed by atoms with van der Waals surface area (Å²) in [5, 5.41) is 15.3. The summed E-state index contributed by atoms with van der Waals surface area (Å²) in [5.74, 6) is 0.197. The Labute approximate surface area is 307 Å². The number of nitrogens with one attached hydrogen (secondary N) is 5. The van der Waals surface area contributed by atoms with E-state index in [1.807, 2.05) is 72.8 Å². The number of ether oxygens (including phenoxy) is 3. The van der Waals surface area contributed by atoms with Crippen molar-refractivity contribution in [2.45, 2.75) is 13.0 Å². The molecule has 4 aromatic carbocycles. The lowest BCUT2D eigenvalue weighted by molar-refractivity contribution is -0.139. The first-order valence-corrected chi connectivity index (χ1v) is 17.1. The second kappa shape index (κ2) is 20.5. The number of hydrogen-bond acceptors (Lipinski definition) is 12. The Morgan fingerprint density at radius 1 is 0.547 bits per heavy atom. The number of rotatable bonds is 20. The third-order valence-corrected chi connectivity index (χ3v) is 7.59. The number of carbonyl (C=O) groups is 3. The molecule has 14 nitrogen and oxygen atoms in total. The van der Waals surface area contributed by atoms with E-state index in [0.29, 0.717) is 74.5 Å². The molecule has 2 amide bonds. The van der Waals surface area contributed by atoms with E-state index < -0.39 is 0 Å². The van der Waals surface area contributed by atoms with Crippen molar-refractivity contribution in [2.75, 3.05) is 62.6 Å². The molecule has 0 aliphatic rings. The largest absolute Gasteiger partial charge is 0.469 e. The minimum absolute atomic E-state index is 0.141. The van der Waals surface area contributed by atoms with Gasteiger partial charge in [-0.05, 0) is 59.7 Å². The fourth-order valence-electron chi connectivity index (χ4n) is 4.84. The lowest BCUT2D eigenvalue weighted by Gasteiger charge is -2.12. The zero-order valence-corrected chi connectivity index (χ0v) is 29.3. The number of carbonyl (C=O) groups excluding carboxylic acids is 3. The zero-order chi connectivity index (χ0) is 37.1. The van der Waals surface area contributed by atoms with Crippen LogP contribution < -0.4 is 26.6 Å². The molecule has 5 N–H and O–H groups in total. The van der Waals surface area contributed by atoms with Gasteiger partial charge in [0.25, 0.3) is 11.8 Å². The fourth-order valence-corrected chi connectivity index (χ4v) is 4.84. The molecule has 0 atom stereocenters. The molecular weight excluding hydrogens is 676 g/mol. The van der Waals surface area contributed by atoms with Crippen LogP contribution in [0.3, 0.4) is 0 Å². The van der Waals surface area contributed by atoms with Crippen LogP contribution in [0.15, 0.2) is 109 Å². The summed E-state index contributed by atoms with van der Waals surface area (Å²) in [6.07, 6.45) is 0.166. The van der Waals surface area contributed by atoms with E-state index in [9.17, 15) is 14.4 Å². The van der Waals surface area contributed by atoms with Crippen LogP contribution in [0.25, 0.3) is 0 Å². The predicted octanol–water partition coefficient (Wildman–Crippen LogP) is 4.88. The number of hydrogen-bond donors (Lipinski definition) is 5. The predicted molar refractivity (Wildman–Crippen MR) is 202 cm³/mol. The Kier molecular flexibility index (Phi) is 14.6. The summed E-state index contributed by atoms with van der Waals surface area (Å²) < 4.78 is 16.0. The number of benzene rings is 4. The molecule has 53 heavy (non-hydrogen) atoms. The maximum absolute atomic E-state index is 12.7. The topological polar surface area (TPSA) is 178 Å². The van der Waals surface area contributed by atoms with E-state index in [-0.39, 0.29) is 36.1 Å². The summed E-state index contributed by atoms with van der Waals surface area (Å²) in [6, 6.07) is 33.0. The normalized spacial score (nSPS) is 10.6. The number of anilines is 5. The molecule has 274 valence electrons. The highest BCUT2D eigenvalue weighted by atomic mass is 16.5. The maximum Gasteiger partial charge on any atom is 0.309 e. The third-order valence-electron chi connectivity index (χ3n) is 7.59. The maximum atomic E-state index is 12.7. The monoisotopic (exact) mass is 718 g/mol. The molecule has 0 radical (unpaired) electrons. The lowest BCUT2D eigenvalue weighted by atomic mass is 10.1. The van der Waals surface area contributed by atoms with Crippen LogP contribution in [-0.4, -0.2) is 79.4 Å². The standard InChI is InChI=1S/C39H42N8O6/c1-51-34(48)26-28-12-16-32(17-13-28)43-38-45-37(41-21-23-53-25-24-52-22-20-40-35(49)30-10-6-3-7-11-30)46-39(47-38)44-33-18-14-31(15-19-33)36(50)42-27-29-8-4-2-5-9-29/h2-19H,20-27H2,1H3,(H,40,49)(H,42,50)(H3,41,43,44,45,46,47). The third kappa shape index (κ3) is 13.0. The number of methoxy groups -OCH3 is 1. The van der Waals surface area contributed by atoms with Crippen LogP contribution in [0.4, 0.5) is 29.2 Å². The molecule has 0 saturated heterocycles. The summed E-state index contributed by atoms with van der Waals surface area (Å²) in [5.41, 5.74) is 4.31. The highest BCUT2D eigenvalue weighted by Crippen LogP contribution is 2.20. The van der Waals surface area contributed by atoms with Crippen LogP contribution in [0, 0.1) is 0 Å². The number of amides is 2. The molecule has 0 aliphatic heterocycles. The van der Waals surface area contributed by atoms with Crippen molar-refractivity contribution in [3.8, 4) is 0 Å². The number of esters is 1. The number of aromatic nitrogens is 3. The average molecular weight is 719 g/mol. The van der Waals surface area contributed by atoms with Gasteiger partial charge in [-0.3, -0.25) is 14.4 Å². The highest BCUT2D eigenvalue weighted by molar-refractivity contribution is 5.94. The van der Waals surface area contributed by atoms with Crippen molar-refractivity contribution in [1.29, 1.82) is 0 Å². The molecule has 1 heterocycles. The zero-order valence-electron chi connectivity index (χ0n) is 29.3. The van der Waals surface area contributed by atoms with E-state index in [2.05, 4.69) is 41.5 Å². The number of nitrogens with zero attached hydrogens (tertiary/aromatic N) is 3. The van der Waals surface area contributed by atoms with Crippen molar-refractivity contribution in [2.24, 2.45) is 0 Å². The Hall–Kier alpha value is -6.38. The molecular formula is C39H42N8O6. The molecule has 5 aromatic rings. The summed E-state index contributed by atoms with van der Waals surface area (Å²) in [6.45, 7) is 2.71. The smallest absolute Gasteiger partial charge is 0.309 e. The second-order valence-electron chi connectivity index (χ2n) is 11.5. The Morgan fingerprint density at radius 2 is 1.08 bits per heavy atom. The molecule has 0 spiro atoms. The molecule has 0 saturated carbocycles. The quantitative estimate of drug-likeness (QED) is 0.0545. The van der Waals surface area contributed by atoms with Gasteiger partial charge >= 0.3 is 5.97 Å². The van der Waals surface area contributed by atoms with Crippen molar-refractivity contribution in [3.05, 3.63) is 131 Å². The van der Waals surface area contributed by atoms with Crippen molar-refractivity contribution >= 4 is 47.0 Å². The van der Waals surface area contributed by atoms with Crippen molar-refractivity contribution < 1.29 is 28.6 Å². The Balaban J connectivity index is 1.12. The molecule has 0 unspecified atom stereocenters. The van der Waals surface area contributed by atoms with E-state index in [0.717, 1.165) is 11.1 Å². The minimum Gasteiger partial charge on any atom is -0.469 e. The first kappa shape index (κ1) is 37.9. The first-order chi connectivity index (χ1) is 25.9. The van der Waals surface area contributed by atoms with Crippen LogP contribution in [0.5, 0.6) is 0 Å². The van der Waals surface area contributed by atoms with Gasteiger partial charge in [0, 0.05) is 42.1 Å². The van der Waals surface area contributed by atoms with Crippen LogP contribution in [0.2, 0.25) is 0 Å². The molecule has 0 bridgehead atoms. The van der Waals surface area contributed by atoms with Gasteiger partial charge in [-0.15, -0.1) is 0 Å². The van der Waals surface area contributed by atoms with Gasteiger partial charge in [0.2, 0.25) is 17.8 Å². The second-order valence-corrected chi connectivity index (χ2v) is 11.5. The van der Waals surface area contributed by atoms with E-state index in [4.69, 9.17) is 14.2 Å².